The quantitative estimate of drug-likeness (QED) is 0.371. The number of nitrogens with zero attached hydrogens (tertiary/aromatic N) is 5. The van der Waals surface area contributed by atoms with Crippen LogP contribution in [0.25, 0.3) is 10.9 Å². The van der Waals surface area contributed by atoms with Crippen LogP contribution in [0.4, 0.5) is 16.6 Å². The van der Waals surface area contributed by atoms with Crippen LogP contribution >= 0.6 is 11.3 Å². The van der Waals surface area contributed by atoms with Gasteiger partial charge in [0.25, 0.3) is 5.91 Å². The van der Waals surface area contributed by atoms with Crippen LogP contribution in [0.3, 0.4) is 0 Å². The summed E-state index contributed by atoms with van der Waals surface area (Å²) >= 11 is 1.24. The van der Waals surface area contributed by atoms with Crippen molar-refractivity contribution in [3.05, 3.63) is 46.7 Å². The van der Waals surface area contributed by atoms with Gasteiger partial charge in [-0.2, -0.15) is 10.2 Å². The molecule has 0 radical (unpaired) electrons. The minimum Gasteiger partial charge on any atom is -0.341 e. The highest BCUT2D eigenvalue weighted by Gasteiger charge is 2.26. The zero-order valence-corrected chi connectivity index (χ0v) is 20.1. The van der Waals surface area contributed by atoms with E-state index < -0.39 is 0 Å². The first-order valence-electron chi connectivity index (χ1n) is 11.2. The predicted octanol–water partition coefficient (Wildman–Crippen LogP) is 3.84. The van der Waals surface area contributed by atoms with Crippen LogP contribution in [-0.4, -0.2) is 54.8 Å². The van der Waals surface area contributed by atoms with Crippen LogP contribution in [0.1, 0.15) is 40.1 Å². The van der Waals surface area contributed by atoms with Crippen molar-refractivity contribution in [2.75, 3.05) is 17.7 Å². The van der Waals surface area contributed by atoms with Crippen molar-refractivity contribution in [1.82, 2.24) is 29.9 Å². The van der Waals surface area contributed by atoms with Crippen LogP contribution in [0.15, 0.2) is 30.7 Å². The van der Waals surface area contributed by atoms with Crippen LogP contribution in [-0.2, 0) is 11.3 Å². The van der Waals surface area contributed by atoms with Gasteiger partial charge in [0.1, 0.15) is 11.4 Å². The van der Waals surface area contributed by atoms with Crippen molar-refractivity contribution < 1.29 is 9.59 Å². The molecule has 10 nitrogen and oxygen atoms in total. The zero-order valence-electron chi connectivity index (χ0n) is 19.3. The molecule has 0 unspecified atom stereocenters. The van der Waals surface area contributed by atoms with Crippen molar-refractivity contribution in [3.8, 4) is 0 Å². The minimum atomic E-state index is -0.241. The van der Waals surface area contributed by atoms with E-state index in [1.54, 1.807) is 10.9 Å². The van der Waals surface area contributed by atoms with E-state index in [0.717, 1.165) is 40.6 Å². The number of fused-ring (bicyclic) bond motifs is 1. The molecule has 0 atom stereocenters. The van der Waals surface area contributed by atoms with E-state index in [1.807, 2.05) is 44.1 Å². The number of rotatable bonds is 7. The summed E-state index contributed by atoms with van der Waals surface area (Å²) in [5.41, 5.74) is 3.42. The third-order valence-corrected chi connectivity index (χ3v) is 7.20. The Morgan fingerprint density at radius 1 is 1.24 bits per heavy atom. The standard InChI is InChI=1S/C23H26N8O2S/c1-13-7-8-17-16(9-25-28-17)20(13)26-22(33)18-10-24-23(34-18)27-21-14(2)11-31(29-21)12-19(32)30(3)15-5-4-6-15/h7-11,15H,4-6,12H2,1-3H3,(H,25,28)(H,26,33)(H,24,27,29). The Balaban J connectivity index is 1.25. The highest BCUT2D eigenvalue weighted by molar-refractivity contribution is 7.17. The van der Waals surface area contributed by atoms with E-state index in [0.29, 0.717) is 21.9 Å². The fraction of sp³-hybridized carbons (Fsp3) is 0.348. The summed E-state index contributed by atoms with van der Waals surface area (Å²) in [7, 11) is 1.86. The molecular formula is C23H26N8O2S. The van der Waals surface area contributed by atoms with E-state index in [2.05, 4.69) is 30.9 Å². The van der Waals surface area contributed by atoms with Crippen molar-refractivity contribution in [1.29, 1.82) is 0 Å². The van der Waals surface area contributed by atoms with E-state index >= 15 is 0 Å². The molecule has 1 aliphatic carbocycles. The summed E-state index contributed by atoms with van der Waals surface area (Å²) in [5, 5.41) is 19.0. The molecule has 1 aromatic carbocycles. The van der Waals surface area contributed by atoms with Crippen molar-refractivity contribution in [3.63, 3.8) is 0 Å². The molecule has 0 saturated heterocycles. The van der Waals surface area contributed by atoms with Gasteiger partial charge in [-0.05, 0) is 44.7 Å². The van der Waals surface area contributed by atoms with Crippen LogP contribution < -0.4 is 10.6 Å². The van der Waals surface area contributed by atoms with Gasteiger partial charge >= 0.3 is 0 Å². The molecule has 1 fully saturated rings. The fourth-order valence-electron chi connectivity index (χ4n) is 3.96. The Morgan fingerprint density at radius 2 is 2.06 bits per heavy atom. The first-order chi connectivity index (χ1) is 16.4. The number of hydrogen-bond donors (Lipinski definition) is 3. The average Bonchev–Trinajstić information content (AvgIpc) is 3.50. The molecule has 34 heavy (non-hydrogen) atoms. The monoisotopic (exact) mass is 478 g/mol. The second-order valence-corrected chi connectivity index (χ2v) is 9.68. The van der Waals surface area contributed by atoms with Gasteiger partial charge in [0.2, 0.25) is 5.91 Å². The van der Waals surface area contributed by atoms with Crippen LogP contribution in [0, 0.1) is 13.8 Å². The van der Waals surface area contributed by atoms with Gasteiger partial charge in [0.05, 0.1) is 23.6 Å². The zero-order chi connectivity index (χ0) is 23.8. The third-order valence-electron chi connectivity index (χ3n) is 6.28. The number of aromatic nitrogens is 5. The number of carbonyl (C=O) groups excluding carboxylic acids is 2. The first kappa shape index (κ1) is 22.1. The molecule has 0 spiro atoms. The second kappa shape index (κ2) is 8.90. The van der Waals surface area contributed by atoms with Gasteiger partial charge in [-0.15, -0.1) is 0 Å². The molecule has 5 rings (SSSR count). The molecule has 1 aliphatic rings. The molecule has 3 N–H and O–H groups in total. The van der Waals surface area contributed by atoms with Crippen LogP contribution in [0.2, 0.25) is 0 Å². The number of likely N-dealkylation sites (N-methyl/N-ethyl adjacent to an activating group) is 1. The number of H-pyrrole nitrogens is 1. The lowest BCUT2D eigenvalue weighted by Gasteiger charge is -2.34. The molecule has 176 valence electrons. The SMILES string of the molecule is Cc1cn(CC(=O)N(C)C2CCC2)nc1Nc1ncc(C(=O)Nc2c(C)ccc3[nH]ncc23)s1. The number of benzene rings is 1. The highest BCUT2D eigenvalue weighted by atomic mass is 32.1. The number of carbonyl (C=O) groups is 2. The second-order valence-electron chi connectivity index (χ2n) is 8.65. The summed E-state index contributed by atoms with van der Waals surface area (Å²) in [4.78, 5) is 32.0. The number of aromatic amines is 1. The van der Waals surface area contributed by atoms with Gasteiger partial charge in [-0.1, -0.05) is 17.4 Å². The average molecular weight is 479 g/mol. The Hall–Kier alpha value is -3.73. The molecule has 11 heteroatoms. The van der Waals surface area contributed by atoms with Crippen molar-refractivity contribution in [2.45, 2.75) is 45.7 Å². The normalized spacial score (nSPS) is 13.6. The number of amides is 2. The van der Waals surface area contributed by atoms with E-state index in [-0.39, 0.29) is 18.4 Å². The maximum Gasteiger partial charge on any atom is 0.267 e. The molecule has 4 aromatic rings. The maximum atomic E-state index is 12.9. The first-order valence-corrected chi connectivity index (χ1v) is 12.0. The summed E-state index contributed by atoms with van der Waals surface area (Å²) in [6.07, 6.45) is 8.41. The van der Waals surface area contributed by atoms with Crippen LogP contribution in [0.5, 0.6) is 0 Å². The maximum absolute atomic E-state index is 12.9. The molecular weight excluding hydrogens is 452 g/mol. The molecule has 2 amide bonds. The number of hydrogen-bond acceptors (Lipinski definition) is 7. The van der Waals surface area contributed by atoms with Gasteiger partial charge in [0, 0.05) is 30.2 Å². The summed E-state index contributed by atoms with van der Waals surface area (Å²) in [5.74, 6) is 0.420. The van der Waals surface area contributed by atoms with Crippen molar-refractivity contribution in [2.24, 2.45) is 0 Å². The Kier molecular flexibility index (Phi) is 5.78. The Morgan fingerprint density at radius 3 is 2.82 bits per heavy atom. The third kappa shape index (κ3) is 4.26. The summed E-state index contributed by atoms with van der Waals surface area (Å²) in [6.45, 7) is 4.05. The number of thiazole rings is 1. The van der Waals surface area contributed by atoms with E-state index in [4.69, 9.17) is 0 Å². The number of nitrogens with one attached hydrogen (secondary N) is 3. The number of anilines is 3. The smallest absolute Gasteiger partial charge is 0.267 e. The number of aryl methyl sites for hydroxylation is 2. The predicted molar refractivity (Wildman–Crippen MR) is 132 cm³/mol. The van der Waals surface area contributed by atoms with Gasteiger partial charge < -0.3 is 15.5 Å². The summed E-state index contributed by atoms with van der Waals surface area (Å²) in [6, 6.07) is 4.22. The highest BCUT2D eigenvalue weighted by Crippen LogP contribution is 2.29. The largest absolute Gasteiger partial charge is 0.341 e. The summed E-state index contributed by atoms with van der Waals surface area (Å²) < 4.78 is 1.64. The lowest BCUT2D eigenvalue weighted by Crippen LogP contribution is -2.42. The lowest BCUT2D eigenvalue weighted by atomic mass is 9.92. The Labute approximate surface area is 200 Å². The van der Waals surface area contributed by atoms with Gasteiger partial charge in [-0.25, -0.2) is 4.98 Å². The molecule has 3 aromatic heterocycles. The van der Waals surface area contributed by atoms with E-state index in [1.165, 1.54) is 24.0 Å². The van der Waals surface area contributed by atoms with Gasteiger partial charge in [-0.3, -0.25) is 19.4 Å². The minimum absolute atomic E-state index is 0.0508. The van der Waals surface area contributed by atoms with E-state index in [9.17, 15) is 9.59 Å². The topological polar surface area (TPSA) is 121 Å². The van der Waals surface area contributed by atoms with Gasteiger partial charge in [0.15, 0.2) is 10.9 Å². The van der Waals surface area contributed by atoms with Crippen molar-refractivity contribution >= 4 is 50.7 Å². The molecule has 3 heterocycles. The molecule has 0 aliphatic heterocycles. The lowest BCUT2D eigenvalue weighted by molar-refractivity contribution is -0.134. The molecule has 0 bridgehead atoms. The molecule has 1 saturated carbocycles. The Bertz CT molecular complexity index is 1370. The fourth-order valence-corrected chi connectivity index (χ4v) is 4.67.